The molecule has 1 aromatic rings. The molecule has 3 aliphatic rings. The van der Waals surface area contributed by atoms with Crippen LogP contribution in [0.5, 0.6) is 5.75 Å². The summed E-state index contributed by atoms with van der Waals surface area (Å²) < 4.78 is 0. The number of aliphatic hydroxyl groups excluding tert-OH is 1. The van der Waals surface area contributed by atoms with Crippen LogP contribution in [0, 0.1) is 29.1 Å². The van der Waals surface area contributed by atoms with Gasteiger partial charge in [0.25, 0.3) is 0 Å². The fraction of sp³-hybridized carbons (Fsp3) is 0.800. The van der Waals surface area contributed by atoms with E-state index in [1.165, 1.54) is 75.3 Å². The Bertz CT molecular complexity index is 1110. The summed E-state index contributed by atoms with van der Waals surface area (Å²) in [5.41, 5.74) is 2.94. The molecule has 0 saturated heterocycles. The third-order valence-electron chi connectivity index (χ3n) is 12.5. The SMILES string of the molecule is CCCCC(=O)N[C@H](C(=O)NCCCCCCCCCCC[C@@H]1Cc2cc(O)ccc2[C@H]2CC[C@]3(C)[C@@H](O)CC[C@H]3[C@H]12)[C@@H](C)CC. The molecule has 0 spiro atoms. The Labute approximate surface area is 280 Å². The third kappa shape index (κ3) is 9.29. The van der Waals surface area contributed by atoms with Crippen LogP contribution < -0.4 is 10.6 Å². The van der Waals surface area contributed by atoms with E-state index >= 15 is 0 Å². The van der Waals surface area contributed by atoms with Crippen molar-refractivity contribution in [1.29, 1.82) is 0 Å². The fourth-order valence-electron chi connectivity index (χ4n) is 9.41. The number of aromatic hydroxyl groups is 1. The number of carbonyl (C=O) groups is 2. The molecule has 46 heavy (non-hydrogen) atoms. The van der Waals surface area contributed by atoms with Gasteiger partial charge in [0.05, 0.1) is 6.10 Å². The average molecular weight is 639 g/mol. The zero-order chi connectivity index (χ0) is 33.1. The first-order valence-corrected chi connectivity index (χ1v) is 19.3. The van der Waals surface area contributed by atoms with Crippen molar-refractivity contribution in [3.63, 3.8) is 0 Å². The van der Waals surface area contributed by atoms with Crippen molar-refractivity contribution in [2.24, 2.45) is 29.1 Å². The Hall–Kier alpha value is -2.08. The number of aliphatic hydroxyl groups is 1. The van der Waals surface area contributed by atoms with Crippen molar-refractivity contribution in [2.75, 3.05) is 6.54 Å². The van der Waals surface area contributed by atoms with Gasteiger partial charge in [-0.1, -0.05) is 98.0 Å². The van der Waals surface area contributed by atoms with Gasteiger partial charge >= 0.3 is 0 Å². The van der Waals surface area contributed by atoms with E-state index in [1.807, 2.05) is 19.1 Å². The lowest BCUT2D eigenvalue weighted by molar-refractivity contribution is -0.130. The monoisotopic (exact) mass is 639 g/mol. The normalized spacial score (nSPS) is 28.1. The van der Waals surface area contributed by atoms with Gasteiger partial charge in [0.1, 0.15) is 11.8 Å². The number of phenols is 1. The molecule has 260 valence electrons. The molecule has 0 aromatic heterocycles. The Kier molecular flexibility index (Phi) is 14.3. The molecule has 6 nitrogen and oxygen atoms in total. The van der Waals surface area contributed by atoms with Crippen molar-refractivity contribution >= 4 is 11.8 Å². The van der Waals surface area contributed by atoms with Gasteiger partial charge in [0, 0.05) is 13.0 Å². The highest BCUT2D eigenvalue weighted by Crippen LogP contribution is 2.62. The van der Waals surface area contributed by atoms with Gasteiger partial charge in [-0.15, -0.1) is 0 Å². The van der Waals surface area contributed by atoms with Crippen LogP contribution in [0.4, 0.5) is 0 Å². The molecule has 3 aliphatic carbocycles. The predicted octanol–water partition coefficient (Wildman–Crippen LogP) is 8.57. The molecule has 0 unspecified atom stereocenters. The lowest BCUT2D eigenvalue weighted by Gasteiger charge is -2.53. The van der Waals surface area contributed by atoms with E-state index < -0.39 is 6.04 Å². The largest absolute Gasteiger partial charge is 0.508 e. The van der Waals surface area contributed by atoms with Gasteiger partial charge in [-0.2, -0.15) is 0 Å². The minimum Gasteiger partial charge on any atom is -0.508 e. The molecule has 2 fully saturated rings. The fourth-order valence-corrected chi connectivity index (χ4v) is 9.41. The second-order valence-electron chi connectivity index (χ2n) is 15.6. The van der Waals surface area contributed by atoms with Crippen molar-refractivity contribution in [3.8, 4) is 5.75 Å². The van der Waals surface area contributed by atoms with E-state index in [1.54, 1.807) is 0 Å². The van der Waals surface area contributed by atoms with Crippen LogP contribution in [0.1, 0.15) is 160 Å². The lowest BCUT2D eigenvalue weighted by atomic mass is 9.52. The highest BCUT2D eigenvalue weighted by Gasteiger charge is 2.56. The van der Waals surface area contributed by atoms with Crippen LogP contribution in [0.2, 0.25) is 0 Å². The van der Waals surface area contributed by atoms with Crippen molar-refractivity contribution < 1.29 is 19.8 Å². The highest BCUT2D eigenvalue weighted by molar-refractivity contribution is 5.87. The van der Waals surface area contributed by atoms with Crippen molar-refractivity contribution in [3.05, 3.63) is 29.3 Å². The summed E-state index contributed by atoms with van der Waals surface area (Å²) in [6, 6.07) is 5.68. The molecule has 0 heterocycles. The summed E-state index contributed by atoms with van der Waals surface area (Å²) in [6.45, 7) is 9.22. The average Bonchev–Trinajstić information content (AvgIpc) is 3.35. The van der Waals surface area contributed by atoms with Crippen LogP contribution >= 0.6 is 0 Å². The minimum absolute atomic E-state index is 0.0153. The molecule has 4 rings (SSSR count). The number of rotatable bonds is 19. The van der Waals surface area contributed by atoms with Crippen LogP contribution in [-0.4, -0.2) is 40.7 Å². The number of amides is 2. The Balaban J connectivity index is 1.10. The number of nitrogens with one attached hydrogen (secondary N) is 2. The summed E-state index contributed by atoms with van der Waals surface area (Å²) in [4.78, 5) is 25.0. The van der Waals surface area contributed by atoms with E-state index in [4.69, 9.17) is 0 Å². The van der Waals surface area contributed by atoms with E-state index in [0.29, 0.717) is 42.4 Å². The maximum absolute atomic E-state index is 12.8. The first-order valence-electron chi connectivity index (χ1n) is 19.3. The Morgan fingerprint density at radius 2 is 1.65 bits per heavy atom. The van der Waals surface area contributed by atoms with Gasteiger partial charge in [-0.05, 0) is 110 Å². The summed E-state index contributed by atoms with van der Waals surface area (Å²) >= 11 is 0. The van der Waals surface area contributed by atoms with E-state index in [9.17, 15) is 19.8 Å². The second kappa shape index (κ2) is 17.9. The topological polar surface area (TPSA) is 98.7 Å². The number of hydrogen-bond donors (Lipinski definition) is 4. The molecule has 8 atom stereocenters. The summed E-state index contributed by atoms with van der Waals surface area (Å²) in [6.07, 6.45) is 20.9. The Morgan fingerprint density at radius 3 is 2.35 bits per heavy atom. The third-order valence-corrected chi connectivity index (χ3v) is 12.5. The number of unbranched alkanes of at least 4 members (excludes halogenated alkanes) is 9. The molecule has 0 aliphatic heterocycles. The molecule has 1 aromatic carbocycles. The lowest BCUT2D eigenvalue weighted by Crippen LogP contribution is -2.50. The minimum atomic E-state index is -0.434. The number of fused-ring (bicyclic) bond motifs is 5. The molecular formula is C40H66N2O4. The zero-order valence-corrected chi connectivity index (χ0v) is 29.6. The second-order valence-corrected chi connectivity index (χ2v) is 15.6. The quantitative estimate of drug-likeness (QED) is 0.114. The Morgan fingerprint density at radius 1 is 0.957 bits per heavy atom. The maximum Gasteiger partial charge on any atom is 0.242 e. The zero-order valence-electron chi connectivity index (χ0n) is 29.6. The van der Waals surface area contributed by atoms with Gasteiger partial charge in [0.2, 0.25) is 11.8 Å². The van der Waals surface area contributed by atoms with Crippen molar-refractivity contribution in [2.45, 2.75) is 168 Å². The summed E-state index contributed by atoms with van der Waals surface area (Å²) in [5, 5.41) is 27.2. The maximum atomic E-state index is 12.8. The molecule has 2 saturated carbocycles. The predicted molar refractivity (Wildman–Crippen MR) is 188 cm³/mol. The molecule has 4 N–H and O–H groups in total. The van der Waals surface area contributed by atoms with Crippen LogP contribution in [-0.2, 0) is 16.0 Å². The molecule has 0 radical (unpaired) electrons. The first kappa shape index (κ1) is 36.8. The van der Waals surface area contributed by atoms with Gasteiger partial charge in [-0.25, -0.2) is 0 Å². The number of benzene rings is 1. The van der Waals surface area contributed by atoms with Crippen LogP contribution in [0.3, 0.4) is 0 Å². The standard InChI is InChI=1S/C40H66N2O4/c1-5-7-18-36(45)42-38(28(3)6-2)39(46)41-25-16-14-12-10-8-9-11-13-15-17-29-26-30-27-31(43)19-20-32(30)33-23-24-40(4)34(37(29)33)21-22-35(40)44/h19-20,27-29,33-35,37-38,43-44H,5-18,21-26H2,1-4H3,(H,41,46)(H,42,45)/t28-,29+,33+,34-,35-,37+,38-,40-/m0/s1. The molecule has 0 bridgehead atoms. The number of carbonyl (C=O) groups excluding carboxylic acids is 2. The van der Waals surface area contributed by atoms with Gasteiger partial charge in [-0.3, -0.25) is 9.59 Å². The summed E-state index contributed by atoms with van der Waals surface area (Å²) in [7, 11) is 0. The first-order chi connectivity index (χ1) is 22.2. The van der Waals surface area contributed by atoms with E-state index in [-0.39, 0.29) is 29.3 Å². The van der Waals surface area contributed by atoms with E-state index in [2.05, 4.69) is 37.5 Å². The number of phenolic OH excluding ortho intramolecular Hbond substituents is 1. The van der Waals surface area contributed by atoms with Gasteiger partial charge < -0.3 is 20.8 Å². The van der Waals surface area contributed by atoms with Crippen LogP contribution in [0.25, 0.3) is 0 Å². The highest BCUT2D eigenvalue weighted by atomic mass is 16.3. The molecule has 6 heteroatoms. The smallest absolute Gasteiger partial charge is 0.242 e. The molecule has 2 amide bonds. The number of hydrogen-bond acceptors (Lipinski definition) is 4. The summed E-state index contributed by atoms with van der Waals surface area (Å²) in [5.74, 6) is 3.01. The van der Waals surface area contributed by atoms with Crippen LogP contribution in [0.15, 0.2) is 18.2 Å². The van der Waals surface area contributed by atoms with Gasteiger partial charge in [0.15, 0.2) is 0 Å². The van der Waals surface area contributed by atoms with Crippen molar-refractivity contribution in [1.82, 2.24) is 10.6 Å². The molecular weight excluding hydrogens is 572 g/mol. The van der Waals surface area contributed by atoms with E-state index in [0.717, 1.165) is 51.4 Å².